The van der Waals surface area contributed by atoms with Gasteiger partial charge in [0, 0.05) is 6.04 Å². The van der Waals surface area contributed by atoms with Crippen molar-refractivity contribution in [1.82, 2.24) is 5.32 Å². The number of hydrogen-bond acceptors (Lipinski definition) is 1. The molecule has 0 radical (unpaired) electrons. The summed E-state index contributed by atoms with van der Waals surface area (Å²) < 4.78 is 0. The maximum atomic E-state index is 3.59. The van der Waals surface area contributed by atoms with Crippen molar-refractivity contribution in [2.75, 3.05) is 6.54 Å². The minimum Gasteiger partial charge on any atom is -0.310 e. The smallest absolute Gasteiger partial charge is 0.0281 e. The lowest BCUT2D eigenvalue weighted by molar-refractivity contribution is 0.435. The molecule has 0 aromatic carbocycles. The summed E-state index contributed by atoms with van der Waals surface area (Å²) >= 11 is 0. The Morgan fingerprint density at radius 1 is 1.38 bits per heavy atom. The number of allylic oxidation sites excluding steroid dienone is 3. The Morgan fingerprint density at radius 2 is 2.23 bits per heavy atom. The second-order valence-corrected chi connectivity index (χ2v) is 3.86. The predicted molar refractivity (Wildman–Crippen MR) is 58.8 cm³/mol. The van der Waals surface area contributed by atoms with Crippen molar-refractivity contribution in [3.8, 4) is 0 Å². The van der Waals surface area contributed by atoms with E-state index in [1.807, 2.05) is 0 Å². The van der Waals surface area contributed by atoms with Gasteiger partial charge in [-0.3, -0.25) is 0 Å². The van der Waals surface area contributed by atoms with Crippen molar-refractivity contribution in [3.05, 3.63) is 24.3 Å². The summed E-state index contributed by atoms with van der Waals surface area (Å²) in [5.74, 6) is 0.729. The third-order valence-corrected chi connectivity index (χ3v) is 2.60. The first-order valence-corrected chi connectivity index (χ1v) is 5.41. The fraction of sp³-hybridized carbons (Fsp3) is 0.667. The Labute approximate surface area is 81.9 Å². The van der Waals surface area contributed by atoms with Crippen LogP contribution in [0, 0.1) is 5.92 Å². The van der Waals surface area contributed by atoms with Crippen molar-refractivity contribution in [1.29, 1.82) is 0 Å². The quantitative estimate of drug-likeness (QED) is 0.654. The van der Waals surface area contributed by atoms with Crippen molar-refractivity contribution < 1.29 is 0 Å². The maximum Gasteiger partial charge on any atom is 0.0281 e. The first-order chi connectivity index (χ1) is 6.34. The lowest BCUT2D eigenvalue weighted by Crippen LogP contribution is -2.33. The minimum absolute atomic E-state index is 0.571. The molecule has 1 aliphatic rings. The molecule has 2 unspecified atom stereocenters. The van der Waals surface area contributed by atoms with Gasteiger partial charge >= 0.3 is 0 Å². The molecule has 0 amide bonds. The molecular weight excluding hydrogens is 158 g/mol. The van der Waals surface area contributed by atoms with Crippen LogP contribution in [0.25, 0.3) is 0 Å². The Morgan fingerprint density at radius 3 is 3.00 bits per heavy atom. The lowest BCUT2D eigenvalue weighted by atomic mass is 9.99. The first kappa shape index (κ1) is 10.5. The molecule has 13 heavy (non-hydrogen) atoms. The van der Waals surface area contributed by atoms with Crippen molar-refractivity contribution in [3.63, 3.8) is 0 Å². The van der Waals surface area contributed by atoms with Gasteiger partial charge in [0.2, 0.25) is 0 Å². The summed E-state index contributed by atoms with van der Waals surface area (Å²) in [7, 11) is 0. The van der Waals surface area contributed by atoms with Gasteiger partial charge < -0.3 is 5.32 Å². The summed E-state index contributed by atoms with van der Waals surface area (Å²) in [5, 5.41) is 3.59. The molecule has 0 heterocycles. The van der Waals surface area contributed by atoms with Crippen LogP contribution in [0.4, 0.5) is 0 Å². The van der Waals surface area contributed by atoms with Crippen LogP contribution in [0.5, 0.6) is 0 Å². The van der Waals surface area contributed by atoms with E-state index >= 15 is 0 Å². The lowest BCUT2D eigenvalue weighted by Gasteiger charge is -2.20. The number of hydrogen-bond donors (Lipinski definition) is 1. The summed E-state index contributed by atoms with van der Waals surface area (Å²) in [6.07, 6.45) is 12.6. The summed E-state index contributed by atoms with van der Waals surface area (Å²) in [6.45, 7) is 5.69. The average Bonchev–Trinajstić information content (AvgIpc) is 2.32. The Balaban J connectivity index is 2.30. The molecule has 0 fully saturated rings. The fourth-order valence-electron chi connectivity index (χ4n) is 1.61. The summed E-state index contributed by atoms with van der Waals surface area (Å²) in [4.78, 5) is 0. The SMILES string of the molecule is CCCCNC1C=CC=CCC1C. The molecule has 0 spiro atoms. The molecule has 1 nitrogen and oxygen atoms in total. The van der Waals surface area contributed by atoms with E-state index in [4.69, 9.17) is 0 Å². The van der Waals surface area contributed by atoms with Gasteiger partial charge in [-0.2, -0.15) is 0 Å². The first-order valence-electron chi connectivity index (χ1n) is 5.41. The highest BCUT2D eigenvalue weighted by molar-refractivity contribution is 5.11. The highest BCUT2D eigenvalue weighted by Gasteiger charge is 2.12. The molecule has 0 saturated carbocycles. The molecular formula is C12H21N. The molecule has 1 N–H and O–H groups in total. The zero-order chi connectivity index (χ0) is 9.52. The van der Waals surface area contributed by atoms with Crippen LogP contribution >= 0.6 is 0 Å². The zero-order valence-electron chi connectivity index (χ0n) is 8.79. The molecule has 1 aliphatic carbocycles. The van der Waals surface area contributed by atoms with Gasteiger partial charge in [-0.15, -0.1) is 0 Å². The van der Waals surface area contributed by atoms with Gasteiger partial charge in [0.25, 0.3) is 0 Å². The molecule has 0 saturated heterocycles. The normalized spacial score (nSPS) is 27.5. The van der Waals surface area contributed by atoms with Crippen molar-refractivity contribution in [2.24, 2.45) is 5.92 Å². The molecule has 0 aliphatic heterocycles. The number of unbranched alkanes of at least 4 members (excludes halogenated alkanes) is 1. The van der Waals surface area contributed by atoms with E-state index in [9.17, 15) is 0 Å². The van der Waals surface area contributed by atoms with E-state index in [0.717, 1.165) is 12.5 Å². The number of rotatable bonds is 4. The molecule has 1 rings (SSSR count). The van der Waals surface area contributed by atoms with Crippen molar-refractivity contribution >= 4 is 0 Å². The third-order valence-electron chi connectivity index (χ3n) is 2.60. The monoisotopic (exact) mass is 179 g/mol. The van der Waals surface area contributed by atoms with E-state index in [1.165, 1.54) is 19.3 Å². The van der Waals surface area contributed by atoms with Crippen LogP contribution in [-0.4, -0.2) is 12.6 Å². The van der Waals surface area contributed by atoms with E-state index in [1.54, 1.807) is 0 Å². The van der Waals surface area contributed by atoms with Crippen LogP contribution in [0.15, 0.2) is 24.3 Å². The Kier molecular flexibility index (Phi) is 4.84. The highest BCUT2D eigenvalue weighted by atomic mass is 14.9. The van der Waals surface area contributed by atoms with E-state index in [-0.39, 0.29) is 0 Å². The van der Waals surface area contributed by atoms with Crippen LogP contribution in [0.1, 0.15) is 33.1 Å². The maximum absolute atomic E-state index is 3.59. The topological polar surface area (TPSA) is 12.0 Å². The minimum atomic E-state index is 0.571. The van der Waals surface area contributed by atoms with Crippen molar-refractivity contribution in [2.45, 2.75) is 39.2 Å². The fourth-order valence-corrected chi connectivity index (χ4v) is 1.61. The third kappa shape index (κ3) is 3.77. The van der Waals surface area contributed by atoms with Crippen LogP contribution in [-0.2, 0) is 0 Å². The largest absolute Gasteiger partial charge is 0.310 e. The summed E-state index contributed by atoms with van der Waals surface area (Å²) in [6, 6.07) is 0.571. The van der Waals surface area contributed by atoms with E-state index in [2.05, 4.69) is 43.5 Å². The second-order valence-electron chi connectivity index (χ2n) is 3.86. The van der Waals surface area contributed by atoms with E-state index in [0.29, 0.717) is 6.04 Å². The molecule has 0 aromatic rings. The molecule has 2 atom stereocenters. The number of nitrogens with one attached hydrogen (secondary N) is 1. The molecule has 0 bridgehead atoms. The van der Waals surface area contributed by atoms with Crippen LogP contribution in [0.2, 0.25) is 0 Å². The summed E-state index contributed by atoms with van der Waals surface area (Å²) in [5.41, 5.74) is 0. The van der Waals surface area contributed by atoms with E-state index < -0.39 is 0 Å². The van der Waals surface area contributed by atoms with Gasteiger partial charge in [-0.05, 0) is 25.3 Å². The van der Waals surface area contributed by atoms with Crippen LogP contribution in [0.3, 0.4) is 0 Å². The standard InChI is InChI=1S/C12H21N/c1-3-4-10-13-12-9-7-5-6-8-11(12)2/h5-7,9,11-13H,3-4,8,10H2,1-2H3. The predicted octanol–water partition coefficient (Wildman–Crippen LogP) is 2.90. The van der Waals surface area contributed by atoms with Gasteiger partial charge in [0.05, 0.1) is 0 Å². The van der Waals surface area contributed by atoms with Gasteiger partial charge in [0.15, 0.2) is 0 Å². The zero-order valence-corrected chi connectivity index (χ0v) is 8.79. The molecule has 1 heteroatoms. The van der Waals surface area contributed by atoms with Gasteiger partial charge in [0.1, 0.15) is 0 Å². The molecule has 0 aromatic heterocycles. The Hall–Kier alpha value is -0.560. The van der Waals surface area contributed by atoms with Crippen LogP contribution < -0.4 is 5.32 Å². The van der Waals surface area contributed by atoms with Gasteiger partial charge in [-0.25, -0.2) is 0 Å². The molecule has 74 valence electrons. The van der Waals surface area contributed by atoms with Gasteiger partial charge in [-0.1, -0.05) is 44.6 Å². The Bertz CT molecular complexity index is 182. The average molecular weight is 179 g/mol. The second kappa shape index (κ2) is 5.98. The highest BCUT2D eigenvalue weighted by Crippen LogP contribution is 2.13.